The quantitative estimate of drug-likeness (QED) is 0.680. The Morgan fingerprint density at radius 2 is 1.81 bits per heavy atom. The molecule has 112 valence electrons. The number of allylic oxidation sites excluding steroid dienone is 2. The van der Waals surface area contributed by atoms with Gasteiger partial charge in [0.25, 0.3) is 0 Å². The summed E-state index contributed by atoms with van der Waals surface area (Å²) in [5.41, 5.74) is 0.684. The fourth-order valence-electron chi connectivity index (χ4n) is 3.03. The molecule has 1 aliphatic carbocycles. The van der Waals surface area contributed by atoms with E-state index in [9.17, 15) is 0 Å². The van der Waals surface area contributed by atoms with Crippen LogP contribution in [0.15, 0.2) is 36.4 Å². The highest BCUT2D eigenvalue weighted by molar-refractivity contribution is 5.34. The molecule has 0 radical (unpaired) electrons. The molecule has 0 amide bonds. The molecule has 0 saturated heterocycles. The smallest absolute Gasteiger partial charge is 0.119 e. The van der Waals surface area contributed by atoms with Crippen LogP contribution in [0.1, 0.15) is 51.0 Å². The van der Waals surface area contributed by atoms with Crippen molar-refractivity contribution in [3.63, 3.8) is 0 Å². The Hall–Kier alpha value is -1.75. The van der Waals surface area contributed by atoms with Crippen LogP contribution in [0.2, 0.25) is 0 Å². The zero-order chi connectivity index (χ0) is 14.9. The van der Waals surface area contributed by atoms with Crippen molar-refractivity contribution in [3.8, 4) is 11.8 Å². The van der Waals surface area contributed by atoms with E-state index in [1.165, 1.54) is 38.5 Å². The molecule has 1 aliphatic rings. The van der Waals surface area contributed by atoms with Gasteiger partial charge >= 0.3 is 0 Å². The van der Waals surface area contributed by atoms with Gasteiger partial charge < -0.3 is 4.74 Å². The molecule has 0 atom stereocenters. The number of nitriles is 1. The van der Waals surface area contributed by atoms with E-state index >= 15 is 0 Å². The Balaban J connectivity index is 1.67. The highest BCUT2D eigenvalue weighted by Crippen LogP contribution is 2.32. The second kappa shape index (κ2) is 8.52. The normalized spacial score (nSPS) is 22.1. The SMILES string of the molecule is CC=CCCC1CCC(COc2ccc(C#N)cc2)CC1. The Kier molecular flexibility index (Phi) is 6.34. The average Bonchev–Trinajstić information content (AvgIpc) is 2.55. The lowest BCUT2D eigenvalue weighted by atomic mass is 9.80. The van der Waals surface area contributed by atoms with Gasteiger partial charge in [-0.1, -0.05) is 25.0 Å². The minimum absolute atomic E-state index is 0.684. The summed E-state index contributed by atoms with van der Waals surface area (Å²) in [7, 11) is 0. The number of nitrogens with zero attached hydrogens (tertiary/aromatic N) is 1. The lowest BCUT2D eigenvalue weighted by molar-refractivity contribution is 0.179. The standard InChI is InChI=1S/C19H25NO/c1-2-3-4-5-16-6-8-18(9-7-16)15-21-19-12-10-17(14-20)11-13-19/h2-3,10-13,16,18H,4-9,15H2,1H3. The van der Waals surface area contributed by atoms with Gasteiger partial charge in [0.05, 0.1) is 18.2 Å². The molecule has 2 heteroatoms. The van der Waals surface area contributed by atoms with Crippen LogP contribution in [0.3, 0.4) is 0 Å². The third-order valence-electron chi connectivity index (χ3n) is 4.41. The van der Waals surface area contributed by atoms with E-state index in [0.29, 0.717) is 11.5 Å². The summed E-state index contributed by atoms with van der Waals surface area (Å²) in [6.45, 7) is 2.91. The van der Waals surface area contributed by atoms with Crippen LogP contribution in [0, 0.1) is 23.2 Å². The lowest BCUT2D eigenvalue weighted by Gasteiger charge is -2.28. The highest BCUT2D eigenvalue weighted by atomic mass is 16.5. The Bertz CT molecular complexity index is 475. The largest absolute Gasteiger partial charge is 0.493 e. The maximum atomic E-state index is 8.77. The van der Waals surface area contributed by atoms with Crippen LogP contribution in [-0.2, 0) is 0 Å². The molecule has 0 aromatic heterocycles. The molecule has 0 bridgehead atoms. The maximum absolute atomic E-state index is 8.77. The first-order valence-electron chi connectivity index (χ1n) is 8.06. The third-order valence-corrected chi connectivity index (χ3v) is 4.41. The summed E-state index contributed by atoms with van der Waals surface area (Å²) in [5.74, 6) is 2.48. The zero-order valence-corrected chi connectivity index (χ0v) is 12.9. The zero-order valence-electron chi connectivity index (χ0n) is 12.9. The van der Waals surface area contributed by atoms with E-state index in [-0.39, 0.29) is 0 Å². The van der Waals surface area contributed by atoms with E-state index in [0.717, 1.165) is 18.3 Å². The molecule has 1 saturated carbocycles. The fourth-order valence-corrected chi connectivity index (χ4v) is 3.03. The van der Waals surface area contributed by atoms with Crippen molar-refractivity contribution in [2.24, 2.45) is 11.8 Å². The van der Waals surface area contributed by atoms with Crippen LogP contribution in [0.25, 0.3) is 0 Å². The van der Waals surface area contributed by atoms with Crippen molar-refractivity contribution >= 4 is 0 Å². The van der Waals surface area contributed by atoms with Crippen molar-refractivity contribution < 1.29 is 4.74 Å². The van der Waals surface area contributed by atoms with Crippen LogP contribution in [0.4, 0.5) is 0 Å². The van der Waals surface area contributed by atoms with Gasteiger partial charge in [-0.05, 0) is 68.7 Å². The third kappa shape index (κ3) is 5.27. The Morgan fingerprint density at radius 3 is 2.43 bits per heavy atom. The molecule has 0 unspecified atom stereocenters. The van der Waals surface area contributed by atoms with Crippen LogP contribution in [-0.4, -0.2) is 6.61 Å². The van der Waals surface area contributed by atoms with Crippen molar-refractivity contribution in [2.45, 2.75) is 45.4 Å². The van der Waals surface area contributed by atoms with Crippen LogP contribution in [0.5, 0.6) is 5.75 Å². The van der Waals surface area contributed by atoms with E-state index in [1.807, 2.05) is 24.3 Å². The summed E-state index contributed by atoms with van der Waals surface area (Å²) in [6, 6.07) is 9.53. The molecule has 0 heterocycles. The molecular formula is C19H25NO. The first-order chi connectivity index (χ1) is 10.3. The highest BCUT2D eigenvalue weighted by Gasteiger charge is 2.21. The van der Waals surface area contributed by atoms with Gasteiger partial charge in [0.2, 0.25) is 0 Å². The van der Waals surface area contributed by atoms with Crippen LogP contribution < -0.4 is 4.74 Å². The van der Waals surface area contributed by atoms with Gasteiger partial charge in [0.15, 0.2) is 0 Å². The summed E-state index contributed by atoms with van der Waals surface area (Å²) < 4.78 is 5.86. The molecule has 1 aromatic rings. The number of hydrogen-bond donors (Lipinski definition) is 0. The molecule has 1 fully saturated rings. The minimum Gasteiger partial charge on any atom is -0.493 e. The monoisotopic (exact) mass is 283 g/mol. The second-order valence-electron chi connectivity index (χ2n) is 5.98. The first-order valence-corrected chi connectivity index (χ1v) is 8.06. The van der Waals surface area contributed by atoms with Crippen molar-refractivity contribution in [2.75, 3.05) is 6.61 Å². The number of ether oxygens (including phenoxy) is 1. The maximum Gasteiger partial charge on any atom is 0.119 e. The molecule has 21 heavy (non-hydrogen) atoms. The molecule has 0 N–H and O–H groups in total. The summed E-state index contributed by atoms with van der Waals surface area (Å²) >= 11 is 0. The summed E-state index contributed by atoms with van der Waals surface area (Å²) in [5, 5.41) is 8.77. The predicted molar refractivity (Wildman–Crippen MR) is 86.1 cm³/mol. The van der Waals surface area contributed by atoms with Crippen LogP contribution >= 0.6 is 0 Å². The molecule has 0 aliphatic heterocycles. The first kappa shape index (κ1) is 15.6. The average molecular weight is 283 g/mol. The fraction of sp³-hybridized carbons (Fsp3) is 0.526. The molecular weight excluding hydrogens is 258 g/mol. The Morgan fingerprint density at radius 1 is 1.14 bits per heavy atom. The van der Waals surface area contributed by atoms with Gasteiger partial charge in [-0.3, -0.25) is 0 Å². The van der Waals surface area contributed by atoms with Gasteiger partial charge in [0, 0.05) is 0 Å². The predicted octanol–water partition coefficient (Wildman–Crippen LogP) is 5.10. The van der Waals surface area contributed by atoms with Gasteiger partial charge in [-0.25, -0.2) is 0 Å². The number of benzene rings is 1. The molecule has 2 nitrogen and oxygen atoms in total. The van der Waals surface area contributed by atoms with Gasteiger partial charge in [-0.15, -0.1) is 0 Å². The summed E-state index contributed by atoms with van der Waals surface area (Å²) in [6.07, 6.45) is 12.3. The van der Waals surface area contributed by atoms with Gasteiger partial charge in [0.1, 0.15) is 5.75 Å². The van der Waals surface area contributed by atoms with Crippen molar-refractivity contribution in [1.29, 1.82) is 5.26 Å². The van der Waals surface area contributed by atoms with E-state index in [4.69, 9.17) is 10.00 Å². The molecule has 0 spiro atoms. The number of rotatable bonds is 6. The van der Waals surface area contributed by atoms with E-state index in [2.05, 4.69) is 25.1 Å². The second-order valence-corrected chi connectivity index (χ2v) is 5.98. The molecule has 2 rings (SSSR count). The van der Waals surface area contributed by atoms with E-state index in [1.54, 1.807) is 0 Å². The van der Waals surface area contributed by atoms with E-state index < -0.39 is 0 Å². The summed E-state index contributed by atoms with van der Waals surface area (Å²) in [4.78, 5) is 0. The minimum atomic E-state index is 0.684. The van der Waals surface area contributed by atoms with Gasteiger partial charge in [-0.2, -0.15) is 5.26 Å². The topological polar surface area (TPSA) is 33.0 Å². The number of hydrogen-bond acceptors (Lipinski definition) is 2. The lowest BCUT2D eigenvalue weighted by Crippen LogP contribution is -2.20. The Labute approximate surface area is 128 Å². The van der Waals surface area contributed by atoms with Crippen molar-refractivity contribution in [1.82, 2.24) is 0 Å². The van der Waals surface area contributed by atoms with Crippen molar-refractivity contribution in [3.05, 3.63) is 42.0 Å². The molecule has 1 aromatic carbocycles.